The van der Waals surface area contributed by atoms with E-state index in [1.165, 1.54) is 16.9 Å². The van der Waals surface area contributed by atoms with Gasteiger partial charge in [-0.3, -0.25) is 14.8 Å². The molecule has 122 valence electrons. The summed E-state index contributed by atoms with van der Waals surface area (Å²) in [6.45, 7) is 2.30. The van der Waals surface area contributed by atoms with Crippen molar-refractivity contribution >= 4 is 17.2 Å². The minimum Gasteiger partial charge on any atom is -0.346 e. The number of aromatic nitrogens is 3. The zero-order chi connectivity index (χ0) is 16.8. The highest BCUT2D eigenvalue weighted by atomic mass is 32.1. The molecule has 3 aromatic rings. The molecule has 0 atom stereocenters. The summed E-state index contributed by atoms with van der Waals surface area (Å²) in [5, 5.41) is 3.88. The maximum atomic E-state index is 12.3. The number of amides is 1. The number of nitrogens with zero attached hydrogens (tertiary/aromatic N) is 3. The van der Waals surface area contributed by atoms with Gasteiger partial charge >= 0.3 is 0 Å². The Bertz CT molecular complexity index is 802. The SMILES string of the molecule is Cc1nc(CCc2ccncc2)sc1C(=O)NCc1ccccn1. The maximum absolute atomic E-state index is 12.3. The van der Waals surface area contributed by atoms with Crippen LogP contribution in [0.4, 0.5) is 0 Å². The average molecular weight is 338 g/mol. The van der Waals surface area contributed by atoms with Gasteiger partial charge in [-0.1, -0.05) is 6.07 Å². The van der Waals surface area contributed by atoms with Gasteiger partial charge in [0.15, 0.2) is 0 Å². The van der Waals surface area contributed by atoms with E-state index in [1.807, 2.05) is 37.3 Å². The fourth-order valence-corrected chi connectivity index (χ4v) is 3.30. The largest absolute Gasteiger partial charge is 0.346 e. The van der Waals surface area contributed by atoms with E-state index in [1.54, 1.807) is 18.6 Å². The van der Waals surface area contributed by atoms with Gasteiger partial charge < -0.3 is 5.32 Å². The van der Waals surface area contributed by atoms with Crippen LogP contribution in [-0.4, -0.2) is 20.9 Å². The Kier molecular flexibility index (Phi) is 5.28. The molecule has 6 heteroatoms. The van der Waals surface area contributed by atoms with E-state index in [0.717, 1.165) is 29.2 Å². The van der Waals surface area contributed by atoms with Gasteiger partial charge in [-0.05, 0) is 43.2 Å². The number of hydrogen-bond donors (Lipinski definition) is 1. The molecule has 24 heavy (non-hydrogen) atoms. The van der Waals surface area contributed by atoms with Crippen LogP contribution in [0.5, 0.6) is 0 Å². The minimum absolute atomic E-state index is 0.0918. The normalized spacial score (nSPS) is 10.5. The summed E-state index contributed by atoms with van der Waals surface area (Å²) >= 11 is 1.46. The molecule has 1 N–H and O–H groups in total. The van der Waals surface area contributed by atoms with Gasteiger partial charge in [0.05, 0.1) is 22.9 Å². The quantitative estimate of drug-likeness (QED) is 0.750. The molecule has 3 aromatic heterocycles. The van der Waals surface area contributed by atoms with E-state index in [4.69, 9.17) is 0 Å². The van der Waals surface area contributed by atoms with Gasteiger partial charge in [0.25, 0.3) is 5.91 Å². The second kappa shape index (κ2) is 7.79. The first-order chi connectivity index (χ1) is 11.7. The van der Waals surface area contributed by atoms with Crippen molar-refractivity contribution in [2.75, 3.05) is 0 Å². The second-order valence-corrected chi connectivity index (χ2v) is 6.46. The maximum Gasteiger partial charge on any atom is 0.263 e. The van der Waals surface area contributed by atoms with Gasteiger partial charge in [-0.25, -0.2) is 4.98 Å². The smallest absolute Gasteiger partial charge is 0.263 e. The second-order valence-electron chi connectivity index (χ2n) is 5.38. The molecule has 0 aliphatic rings. The molecular formula is C18H18N4OS. The zero-order valence-electron chi connectivity index (χ0n) is 13.4. The number of pyridine rings is 2. The van der Waals surface area contributed by atoms with Crippen molar-refractivity contribution < 1.29 is 4.79 Å². The van der Waals surface area contributed by atoms with Crippen LogP contribution in [0.1, 0.15) is 31.6 Å². The number of thiazole rings is 1. The van der Waals surface area contributed by atoms with E-state index in [2.05, 4.69) is 20.3 Å². The fraction of sp³-hybridized carbons (Fsp3) is 0.222. The molecule has 0 spiro atoms. The molecule has 3 heterocycles. The Morgan fingerprint density at radius 3 is 2.71 bits per heavy atom. The van der Waals surface area contributed by atoms with Crippen molar-refractivity contribution in [1.82, 2.24) is 20.3 Å². The summed E-state index contributed by atoms with van der Waals surface area (Å²) in [7, 11) is 0. The summed E-state index contributed by atoms with van der Waals surface area (Å²) in [4.78, 5) is 25.8. The molecule has 0 saturated carbocycles. The third-order valence-corrected chi connectivity index (χ3v) is 4.80. The van der Waals surface area contributed by atoms with Crippen LogP contribution < -0.4 is 5.32 Å². The minimum atomic E-state index is -0.0918. The van der Waals surface area contributed by atoms with Crippen molar-refractivity contribution in [1.29, 1.82) is 0 Å². The standard InChI is InChI=1S/C18H18N4OS/c1-13-17(18(23)21-12-15-4-2-3-9-20-15)24-16(22-13)6-5-14-7-10-19-11-8-14/h2-4,7-11H,5-6,12H2,1H3,(H,21,23). The molecule has 0 bridgehead atoms. The Labute approximate surface area is 144 Å². The first kappa shape index (κ1) is 16.3. The first-order valence-electron chi connectivity index (χ1n) is 7.75. The van der Waals surface area contributed by atoms with E-state index >= 15 is 0 Å². The molecular weight excluding hydrogens is 320 g/mol. The molecule has 0 unspecified atom stereocenters. The highest BCUT2D eigenvalue weighted by molar-refractivity contribution is 7.13. The van der Waals surface area contributed by atoms with Crippen molar-refractivity contribution in [3.8, 4) is 0 Å². The number of aryl methyl sites for hydroxylation is 3. The molecule has 0 aliphatic heterocycles. The molecule has 5 nitrogen and oxygen atoms in total. The summed E-state index contributed by atoms with van der Waals surface area (Å²) in [5.41, 5.74) is 2.84. The van der Waals surface area contributed by atoms with Crippen LogP contribution in [0.25, 0.3) is 0 Å². The lowest BCUT2D eigenvalue weighted by Gasteiger charge is -2.03. The molecule has 0 aliphatic carbocycles. The third kappa shape index (κ3) is 4.23. The summed E-state index contributed by atoms with van der Waals surface area (Å²) in [5.74, 6) is -0.0918. The van der Waals surface area contributed by atoms with Crippen molar-refractivity contribution in [2.45, 2.75) is 26.3 Å². The van der Waals surface area contributed by atoms with Crippen molar-refractivity contribution in [2.24, 2.45) is 0 Å². The molecule has 0 radical (unpaired) electrons. The zero-order valence-corrected chi connectivity index (χ0v) is 14.2. The Morgan fingerprint density at radius 1 is 1.12 bits per heavy atom. The van der Waals surface area contributed by atoms with Crippen molar-refractivity contribution in [3.05, 3.63) is 75.8 Å². The third-order valence-electron chi connectivity index (χ3n) is 3.58. The first-order valence-corrected chi connectivity index (χ1v) is 8.57. The van der Waals surface area contributed by atoms with Crippen LogP contribution in [0.3, 0.4) is 0 Å². The Balaban J connectivity index is 1.59. The fourth-order valence-electron chi connectivity index (χ4n) is 2.32. The molecule has 0 saturated heterocycles. The van der Waals surface area contributed by atoms with Gasteiger partial charge in [0.1, 0.15) is 4.88 Å². The van der Waals surface area contributed by atoms with E-state index in [-0.39, 0.29) is 5.91 Å². The van der Waals surface area contributed by atoms with E-state index in [9.17, 15) is 4.79 Å². The lowest BCUT2D eigenvalue weighted by molar-refractivity contribution is 0.0953. The molecule has 3 rings (SSSR count). The van der Waals surface area contributed by atoms with E-state index < -0.39 is 0 Å². The van der Waals surface area contributed by atoms with Crippen LogP contribution in [-0.2, 0) is 19.4 Å². The Hall–Kier alpha value is -2.60. The highest BCUT2D eigenvalue weighted by Crippen LogP contribution is 2.19. The van der Waals surface area contributed by atoms with Gasteiger partial charge in [0, 0.05) is 25.0 Å². The predicted octanol–water partition coefficient (Wildman–Crippen LogP) is 2.96. The number of nitrogens with one attached hydrogen (secondary N) is 1. The van der Waals surface area contributed by atoms with Crippen LogP contribution in [0.15, 0.2) is 48.9 Å². The Morgan fingerprint density at radius 2 is 1.96 bits per heavy atom. The number of carbonyl (C=O) groups is 1. The number of carbonyl (C=O) groups excluding carboxylic acids is 1. The van der Waals surface area contributed by atoms with Crippen LogP contribution in [0, 0.1) is 6.92 Å². The summed E-state index contributed by atoms with van der Waals surface area (Å²) in [6, 6.07) is 9.65. The average Bonchev–Trinajstić information content (AvgIpc) is 3.00. The van der Waals surface area contributed by atoms with Gasteiger partial charge in [-0.2, -0.15) is 0 Å². The van der Waals surface area contributed by atoms with Crippen LogP contribution in [0.2, 0.25) is 0 Å². The monoisotopic (exact) mass is 338 g/mol. The van der Waals surface area contributed by atoms with Crippen molar-refractivity contribution in [3.63, 3.8) is 0 Å². The van der Waals surface area contributed by atoms with Crippen LogP contribution >= 0.6 is 11.3 Å². The van der Waals surface area contributed by atoms with Gasteiger partial charge in [0.2, 0.25) is 0 Å². The number of rotatable bonds is 6. The van der Waals surface area contributed by atoms with Gasteiger partial charge in [-0.15, -0.1) is 11.3 Å². The lowest BCUT2D eigenvalue weighted by Crippen LogP contribution is -2.23. The molecule has 0 fully saturated rings. The summed E-state index contributed by atoms with van der Waals surface area (Å²) < 4.78 is 0. The topological polar surface area (TPSA) is 67.8 Å². The summed E-state index contributed by atoms with van der Waals surface area (Å²) in [6.07, 6.45) is 7.02. The van der Waals surface area contributed by atoms with E-state index in [0.29, 0.717) is 11.4 Å². The predicted molar refractivity (Wildman–Crippen MR) is 93.9 cm³/mol. The molecule has 0 aromatic carbocycles. The lowest BCUT2D eigenvalue weighted by atomic mass is 10.1. The molecule has 1 amide bonds. The highest BCUT2D eigenvalue weighted by Gasteiger charge is 2.15. The number of hydrogen-bond acceptors (Lipinski definition) is 5.